The first-order valence-electron chi connectivity index (χ1n) is 16.2. The zero-order chi connectivity index (χ0) is 30.9. The molecule has 0 radical (unpaired) electrons. The van der Waals surface area contributed by atoms with Gasteiger partial charge in [-0.05, 0) is 123 Å². The van der Waals surface area contributed by atoms with E-state index in [1.165, 1.54) is 11.1 Å². The highest BCUT2D eigenvalue weighted by molar-refractivity contribution is 7.90. The van der Waals surface area contributed by atoms with Gasteiger partial charge in [0.15, 0.2) is 0 Å². The third-order valence-electron chi connectivity index (χ3n) is 11.6. The summed E-state index contributed by atoms with van der Waals surface area (Å²) in [7, 11) is -3.93. The molecule has 4 bridgehead atoms. The molecule has 2 heterocycles. The van der Waals surface area contributed by atoms with E-state index in [1.54, 1.807) is 19.1 Å². The lowest BCUT2D eigenvalue weighted by Gasteiger charge is -2.51. The van der Waals surface area contributed by atoms with Gasteiger partial charge in [-0.3, -0.25) is 4.79 Å². The van der Waals surface area contributed by atoms with Crippen LogP contribution in [0, 0.1) is 23.7 Å². The van der Waals surface area contributed by atoms with Crippen molar-refractivity contribution in [1.82, 2.24) is 4.72 Å². The lowest BCUT2D eigenvalue weighted by atomic mass is 9.59. The minimum atomic E-state index is -3.93. The maximum absolute atomic E-state index is 13.5. The van der Waals surface area contributed by atoms with Crippen molar-refractivity contribution in [3.63, 3.8) is 0 Å². The Balaban J connectivity index is 1.32. The fraction of sp³-hybridized carbons (Fsp3) is 0.571. The summed E-state index contributed by atoms with van der Waals surface area (Å²) in [6.45, 7) is 5.54. The van der Waals surface area contributed by atoms with Crippen LogP contribution in [0.2, 0.25) is 5.02 Å². The van der Waals surface area contributed by atoms with Crippen LogP contribution in [0.3, 0.4) is 0 Å². The van der Waals surface area contributed by atoms with Crippen LogP contribution in [0.4, 0.5) is 5.69 Å². The maximum atomic E-state index is 13.5. The van der Waals surface area contributed by atoms with E-state index in [9.17, 15) is 18.3 Å². The number of hydrogen-bond acceptors (Lipinski definition) is 6. The van der Waals surface area contributed by atoms with E-state index in [-0.39, 0.29) is 23.2 Å². The minimum absolute atomic E-state index is 0.0889. The molecule has 2 aromatic carbocycles. The van der Waals surface area contributed by atoms with Gasteiger partial charge in [0.1, 0.15) is 5.75 Å². The number of sulfonamides is 1. The van der Waals surface area contributed by atoms with Crippen LogP contribution in [0.25, 0.3) is 0 Å². The number of anilines is 1. The molecule has 0 saturated heterocycles. The number of halogens is 1. The highest BCUT2D eigenvalue weighted by atomic mass is 35.5. The van der Waals surface area contributed by atoms with Crippen molar-refractivity contribution in [2.45, 2.75) is 81.5 Å². The van der Waals surface area contributed by atoms with Crippen LogP contribution >= 0.6 is 11.6 Å². The standard InChI is InChI=1S/C35H43ClN2O5S/c1-22-15-24-5-3-14-35(40,18-24)30-10-7-27(30)19-38-20-34(13-4-6-25-16-28(36)9-11-29(25)34)21-43-32-12-8-26(17-31(32)38)33(39)37-44(41,42)23(22)2/h3,5,8-9,11-12,16-17,22-24,27,30,40H,4,6-7,10,13-15,18-21H2,1-2H3,(H,37,39)/t22-,23+,24+,27-,30+,34-,35-/m0/s1. The van der Waals surface area contributed by atoms with Gasteiger partial charge in [-0.15, -0.1) is 0 Å². The number of benzene rings is 2. The molecule has 2 N–H and O–H groups in total. The smallest absolute Gasteiger partial charge is 0.264 e. The van der Waals surface area contributed by atoms with Crippen molar-refractivity contribution in [3.05, 3.63) is 70.3 Å². The van der Waals surface area contributed by atoms with E-state index in [4.69, 9.17) is 16.3 Å². The summed E-state index contributed by atoms with van der Waals surface area (Å²) in [6.07, 6.45) is 11.2. The molecule has 5 aliphatic rings. The Kier molecular flexibility index (Phi) is 7.57. The van der Waals surface area contributed by atoms with Gasteiger partial charge in [-0.2, -0.15) is 0 Å². The van der Waals surface area contributed by atoms with E-state index in [0.29, 0.717) is 49.6 Å². The molecule has 9 heteroatoms. The summed E-state index contributed by atoms with van der Waals surface area (Å²) in [5.41, 5.74) is 2.56. The number of nitrogens with zero attached hydrogens (tertiary/aromatic N) is 1. The third kappa shape index (κ3) is 5.25. The first-order valence-corrected chi connectivity index (χ1v) is 18.1. The maximum Gasteiger partial charge on any atom is 0.264 e. The molecular weight excluding hydrogens is 596 g/mol. The van der Waals surface area contributed by atoms with Crippen LogP contribution in [0.5, 0.6) is 5.75 Å². The van der Waals surface area contributed by atoms with Gasteiger partial charge in [-0.1, -0.05) is 36.7 Å². The summed E-state index contributed by atoms with van der Waals surface area (Å²) in [6, 6.07) is 11.5. The van der Waals surface area contributed by atoms with Crippen LogP contribution in [-0.2, 0) is 21.9 Å². The van der Waals surface area contributed by atoms with E-state index in [1.807, 2.05) is 19.1 Å². The topological polar surface area (TPSA) is 95.9 Å². The first-order chi connectivity index (χ1) is 21.0. The van der Waals surface area contributed by atoms with Crippen molar-refractivity contribution in [3.8, 4) is 5.75 Å². The Labute approximate surface area is 266 Å². The predicted molar refractivity (Wildman–Crippen MR) is 173 cm³/mol. The van der Waals surface area contributed by atoms with E-state index < -0.39 is 26.8 Å². The van der Waals surface area contributed by atoms with E-state index in [2.05, 4.69) is 33.9 Å². The molecule has 7 nitrogen and oxygen atoms in total. The second-order valence-corrected chi connectivity index (χ2v) is 16.8. The number of aliphatic hydroxyl groups is 1. The fourth-order valence-electron chi connectivity index (χ4n) is 8.82. The number of allylic oxidation sites excluding steroid dienone is 1. The zero-order valence-electron chi connectivity index (χ0n) is 25.6. The molecule has 1 saturated carbocycles. The Bertz CT molecular complexity index is 1610. The lowest BCUT2D eigenvalue weighted by Crippen LogP contribution is -2.54. The number of ether oxygens (including phenoxy) is 1. The summed E-state index contributed by atoms with van der Waals surface area (Å²) in [5, 5.41) is 12.1. The molecule has 44 heavy (non-hydrogen) atoms. The second kappa shape index (κ2) is 11.1. The monoisotopic (exact) mass is 638 g/mol. The Hall–Kier alpha value is -2.55. The van der Waals surface area contributed by atoms with Gasteiger partial charge in [0.25, 0.3) is 5.91 Å². The lowest BCUT2D eigenvalue weighted by molar-refractivity contribution is -0.0952. The number of nitrogens with one attached hydrogen (secondary N) is 1. The Morgan fingerprint density at radius 3 is 2.77 bits per heavy atom. The molecule has 236 valence electrons. The second-order valence-electron chi connectivity index (χ2n) is 14.3. The number of hydrogen-bond donors (Lipinski definition) is 2. The zero-order valence-corrected chi connectivity index (χ0v) is 27.2. The van der Waals surface area contributed by atoms with Crippen molar-refractivity contribution < 1.29 is 23.1 Å². The Morgan fingerprint density at radius 2 is 1.98 bits per heavy atom. The predicted octanol–water partition coefficient (Wildman–Crippen LogP) is 6.02. The largest absolute Gasteiger partial charge is 0.490 e. The van der Waals surface area contributed by atoms with E-state index >= 15 is 0 Å². The van der Waals surface area contributed by atoms with Gasteiger partial charge in [0, 0.05) is 29.1 Å². The molecule has 7 atom stereocenters. The van der Waals surface area contributed by atoms with Crippen molar-refractivity contribution in [1.29, 1.82) is 0 Å². The van der Waals surface area contributed by atoms with Gasteiger partial charge in [0.05, 0.1) is 23.1 Å². The van der Waals surface area contributed by atoms with E-state index in [0.717, 1.165) is 49.4 Å². The van der Waals surface area contributed by atoms with Crippen LogP contribution in [0.15, 0.2) is 48.6 Å². The quantitative estimate of drug-likeness (QED) is 0.343. The van der Waals surface area contributed by atoms with Gasteiger partial charge in [0.2, 0.25) is 10.0 Å². The molecule has 1 amide bonds. The van der Waals surface area contributed by atoms with Crippen LogP contribution in [-0.4, -0.2) is 50.0 Å². The summed E-state index contributed by atoms with van der Waals surface area (Å²) in [5.74, 6) is 0.427. The summed E-state index contributed by atoms with van der Waals surface area (Å²) >= 11 is 6.42. The number of fused-ring (bicyclic) bond motifs is 7. The minimum Gasteiger partial charge on any atom is -0.490 e. The molecule has 2 aromatic rings. The van der Waals surface area contributed by atoms with Crippen molar-refractivity contribution >= 4 is 33.2 Å². The van der Waals surface area contributed by atoms with Crippen LogP contribution in [0.1, 0.15) is 80.3 Å². The highest BCUT2D eigenvalue weighted by Crippen LogP contribution is 2.51. The summed E-state index contributed by atoms with van der Waals surface area (Å²) < 4.78 is 35.8. The SMILES string of the molecule is C[C@@H]1[C@@H](C)C[C@H]2C=CC[C@](O)(C2)[C@@H]2CC[C@H]2CN2C[C@@]3(CCCc4cc(Cl)ccc43)COc3ccc(cc32)C(=O)NS1(=O)=O. The van der Waals surface area contributed by atoms with Crippen molar-refractivity contribution in [2.24, 2.45) is 23.7 Å². The molecule has 0 aromatic heterocycles. The molecule has 1 spiro atoms. The average molecular weight is 639 g/mol. The number of carbonyl (C=O) groups is 1. The molecule has 0 unspecified atom stereocenters. The van der Waals surface area contributed by atoms with Crippen molar-refractivity contribution in [2.75, 3.05) is 24.6 Å². The molecule has 3 aliphatic carbocycles. The number of amides is 1. The molecule has 2 aliphatic heterocycles. The normalized spacial score (nSPS) is 36.2. The summed E-state index contributed by atoms with van der Waals surface area (Å²) in [4.78, 5) is 15.8. The number of aryl methyl sites for hydroxylation is 1. The van der Waals surface area contributed by atoms with Gasteiger partial charge >= 0.3 is 0 Å². The third-order valence-corrected chi connectivity index (χ3v) is 13.7. The first kappa shape index (κ1) is 30.1. The number of rotatable bonds is 0. The van der Waals surface area contributed by atoms with Gasteiger partial charge < -0.3 is 14.7 Å². The Morgan fingerprint density at radius 1 is 1.14 bits per heavy atom. The average Bonchev–Trinajstić information content (AvgIpc) is 3.10. The van der Waals surface area contributed by atoms with Crippen LogP contribution < -0.4 is 14.4 Å². The fourth-order valence-corrected chi connectivity index (χ4v) is 10.3. The number of carbonyl (C=O) groups excluding carboxylic acids is 1. The molecule has 7 rings (SSSR count). The van der Waals surface area contributed by atoms with Gasteiger partial charge in [-0.25, -0.2) is 13.1 Å². The molecule has 1 fully saturated rings. The highest BCUT2D eigenvalue weighted by Gasteiger charge is 2.50. The molecular formula is C35H43ClN2O5S.